The van der Waals surface area contributed by atoms with Crippen LogP contribution in [-0.4, -0.2) is 23.2 Å². The lowest BCUT2D eigenvalue weighted by Crippen LogP contribution is -2.58. The molecule has 0 aliphatic heterocycles. The molecular formula is C26H37ClO3. The number of carbonyl (C=O) groups excluding carboxylic acids is 2. The smallest absolute Gasteiger partial charge is 0.302 e. The number of ketones is 1. The van der Waals surface area contributed by atoms with E-state index in [2.05, 4.69) is 26.8 Å². The second-order valence-corrected chi connectivity index (χ2v) is 12.4. The molecule has 4 saturated carbocycles. The van der Waals surface area contributed by atoms with Crippen molar-refractivity contribution in [2.75, 3.05) is 0 Å². The summed E-state index contributed by atoms with van der Waals surface area (Å²) in [7, 11) is 0. The molecule has 5 aliphatic carbocycles. The van der Waals surface area contributed by atoms with Gasteiger partial charge in [-0.05, 0) is 79.4 Å². The summed E-state index contributed by atoms with van der Waals surface area (Å²) in [6.45, 7) is 8.84. The van der Waals surface area contributed by atoms with Crippen LogP contribution in [-0.2, 0) is 14.3 Å². The predicted molar refractivity (Wildman–Crippen MR) is 118 cm³/mol. The molecule has 5 rings (SSSR count). The molecule has 0 radical (unpaired) electrons. The molecule has 0 unspecified atom stereocenters. The van der Waals surface area contributed by atoms with Crippen LogP contribution < -0.4 is 0 Å². The fraction of sp³-hybridized carbons (Fsp3) is 0.846. The van der Waals surface area contributed by atoms with E-state index in [1.807, 2.05) is 0 Å². The van der Waals surface area contributed by atoms with Crippen LogP contribution in [0, 0.1) is 39.9 Å². The van der Waals surface area contributed by atoms with Crippen LogP contribution in [0.1, 0.15) is 85.5 Å². The predicted octanol–water partition coefficient (Wildman–Crippen LogP) is 6.08. The monoisotopic (exact) mass is 432 g/mol. The summed E-state index contributed by atoms with van der Waals surface area (Å²) >= 11 is 6.59. The average Bonchev–Trinajstić information content (AvgIpc) is 3.05. The minimum atomic E-state index is -0.275. The minimum Gasteiger partial charge on any atom is -0.462 e. The van der Waals surface area contributed by atoms with Crippen LogP contribution >= 0.6 is 11.6 Å². The van der Waals surface area contributed by atoms with Gasteiger partial charge in [-0.2, -0.15) is 0 Å². The van der Waals surface area contributed by atoms with Gasteiger partial charge in [0.25, 0.3) is 0 Å². The first-order valence-electron chi connectivity index (χ1n) is 12.1. The van der Waals surface area contributed by atoms with Crippen LogP contribution in [0.3, 0.4) is 0 Å². The average molecular weight is 433 g/mol. The zero-order valence-corrected chi connectivity index (χ0v) is 19.8. The quantitative estimate of drug-likeness (QED) is 0.301. The third-order valence-electron chi connectivity index (χ3n) is 10.6. The van der Waals surface area contributed by atoms with Gasteiger partial charge >= 0.3 is 5.97 Å². The Kier molecular flexibility index (Phi) is 4.79. The summed E-state index contributed by atoms with van der Waals surface area (Å²) in [5, 5.41) is -0.275. The van der Waals surface area contributed by atoms with Gasteiger partial charge in [0.05, 0.1) is 5.38 Å². The summed E-state index contributed by atoms with van der Waals surface area (Å²) in [6, 6.07) is 0. The lowest BCUT2D eigenvalue weighted by molar-refractivity contribution is -0.149. The fourth-order valence-electron chi connectivity index (χ4n) is 9.14. The Morgan fingerprint density at radius 3 is 2.50 bits per heavy atom. The van der Waals surface area contributed by atoms with Gasteiger partial charge in [-0.15, -0.1) is 11.6 Å². The number of halogens is 1. The third kappa shape index (κ3) is 2.76. The van der Waals surface area contributed by atoms with Crippen LogP contribution in [0.5, 0.6) is 0 Å². The van der Waals surface area contributed by atoms with E-state index in [0.717, 1.165) is 37.0 Å². The van der Waals surface area contributed by atoms with Gasteiger partial charge in [-0.25, -0.2) is 0 Å². The SMILES string of the molecule is CC(=O)O[C@H]1CC[C@@]2(C)C(=CC[C@H]3[C@@H]4CC[C@H]([C@]5(C)CC(=O)[C@H]5Cl)[C@@]4(C)CC[C@@H]32)C1. The van der Waals surface area contributed by atoms with Crippen molar-refractivity contribution < 1.29 is 14.3 Å². The Labute approximate surface area is 186 Å². The maximum Gasteiger partial charge on any atom is 0.302 e. The number of hydrogen-bond acceptors (Lipinski definition) is 3. The van der Waals surface area contributed by atoms with Gasteiger partial charge in [0.15, 0.2) is 5.78 Å². The molecule has 4 fully saturated rings. The summed E-state index contributed by atoms with van der Waals surface area (Å²) in [4.78, 5) is 23.5. The van der Waals surface area contributed by atoms with E-state index in [1.54, 1.807) is 5.57 Å². The molecule has 0 aromatic heterocycles. The van der Waals surface area contributed by atoms with Crippen molar-refractivity contribution in [3.63, 3.8) is 0 Å². The van der Waals surface area contributed by atoms with Gasteiger partial charge in [-0.3, -0.25) is 9.59 Å². The lowest BCUT2D eigenvalue weighted by atomic mass is 9.45. The zero-order valence-electron chi connectivity index (χ0n) is 19.0. The number of hydrogen-bond donors (Lipinski definition) is 0. The van der Waals surface area contributed by atoms with Crippen LogP contribution in [0.4, 0.5) is 0 Å². The van der Waals surface area contributed by atoms with E-state index in [-0.39, 0.29) is 34.1 Å². The van der Waals surface area contributed by atoms with Crippen molar-refractivity contribution in [1.29, 1.82) is 0 Å². The summed E-state index contributed by atoms with van der Waals surface area (Å²) in [5.41, 5.74) is 2.14. The van der Waals surface area contributed by atoms with Gasteiger partial charge in [0, 0.05) is 25.2 Å². The Hall–Kier alpha value is -0.830. The molecule has 166 valence electrons. The maximum atomic E-state index is 12.0. The van der Waals surface area contributed by atoms with E-state index < -0.39 is 0 Å². The molecular weight excluding hydrogens is 396 g/mol. The molecule has 0 bridgehead atoms. The van der Waals surface area contributed by atoms with Gasteiger partial charge in [-0.1, -0.05) is 32.4 Å². The Morgan fingerprint density at radius 1 is 1.07 bits per heavy atom. The van der Waals surface area contributed by atoms with Crippen molar-refractivity contribution in [2.24, 2.45) is 39.9 Å². The third-order valence-corrected chi connectivity index (χ3v) is 11.3. The van der Waals surface area contributed by atoms with Crippen molar-refractivity contribution in [1.82, 2.24) is 0 Å². The number of carbonyl (C=O) groups is 2. The Balaban J connectivity index is 1.39. The number of esters is 1. The zero-order chi connectivity index (χ0) is 21.5. The normalized spacial score (nSPS) is 52.4. The maximum absolute atomic E-state index is 12.0. The van der Waals surface area contributed by atoms with Gasteiger partial charge in [0.1, 0.15) is 6.10 Å². The number of Topliss-reactive ketones (excluding diaryl/α,β-unsaturated/α-hetero) is 1. The fourth-order valence-corrected chi connectivity index (χ4v) is 9.44. The molecule has 30 heavy (non-hydrogen) atoms. The topological polar surface area (TPSA) is 43.4 Å². The summed E-state index contributed by atoms with van der Waals surface area (Å²) < 4.78 is 5.58. The Morgan fingerprint density at radius 2 is 1.83 bits per heavy atom. The molecule has 0 saturated heterocycles. The van der Waals surface area contributed by atoms with Crippen LogP contribution in [0.25, 0.3) is 0 Å². The Bertz CT molecular complexity index is 804. The molecule has 0 aromatic rings. The van der Waals surface area contributed by atoms with E-state index in [1.165, 1.54) is 39.0 Å². The van der Waals surface area contributed by atoms with Crippen LogP contribution in [0.2, 0.25) is 0 Å². The first kappa shape index (κ1) is 21.0. The standard InChI is InChI=1S/C26H37ClO3/c1-15(28)30-17-9-11-24(2)16(13-17)5-6-18-19-7-8-22(25(19,3)12-10-20(18)24)26(4)14-21(29)23(26)27/h5,17-20,22-23H,6-14H2,1-4H3/t17-,18-,19-,20-,22-,23+,24-,25-,26-/m0/s1. The summed E-state index contributed by atoms with van der Waals surface area (Å²) in [5.74, 6) is 2.93. The molecule has 4 heteroatoms. The molecule has 9 atom stereocenters. The number of rotatable bonds is 2. The number of fused-ring (bicyclic) bond motifs is 5. The molecule has 0 N–H and O–H groups in total. The molecule has 0 aromatic carbocycles. The van der Waals surface area contributed by atoms with Crippen LogP contribution in [0.15, 0.2) is 11.6 Å². The first-order chi connectivity index (χ1) is 14.1. The minimum absolute atomic E-state index is 0.00334. The van der Waals surface area contributed by atoms with Crippen molar-refractivity contribution in [2.45, 2.75) is 97.0 Å². The van der Waals surface area contributed by atoms with E-state index in [4.69, 9.17) is 16.3 Å². The second-order valence-electron chi connectivity index (χ2n) is 11.9. The molecule has 0 heterocycles. The van der Waals surface area contributed by atoms with Gasteiger partial charge < -0.3 is 4.74 Å². The molecule has 5 aliphatic rings. The second kappa shape index (κ2) is 6.83. The number of alkyl halides is 1. The molecule has 0 spiro atoms. The largest absolute Gasteiger partial charge is 0.462 e. The highest BCUT2D eigenvalue weighted by molar-refractivity contribution is 6.34. The van der Waals surface area contributed by atoms with E-state index in [9.17, 15) is 9.59 Å². The van der Waals surface area contributed by atoms with Crippen molar-refractivity contribution in [3.05, 3.63) is 11.6 Å². The number of allylic oxidation sites excluding steroid dienone is 1. The lowest BCUT2D eigenvalue weighted by Gasteiger charge is -2.60. The molecule has 0 amide bonds. The molecule has 3 nitrogen and oxygen atoms in total. The van der Waals surface area contributed by atoms with Gasteiger partial charge in [0.2, 0.25) is 0 Å². The number of ether oxygens (including phenoxy) is 1. The highest BCUT2D eigenvalue weighted by Crippen LogP contribution is 2.70. The van der Waals surface area contributed by atoms with E-state index in [0.29, 0.717) is 17.8 Å². The first-order valence-corrected chi connectivity index (χ1v) is 12.6. The highest BCUT2D eigenvalue weighted by Gasteiger charge is 2.65. The van der Waals surface area contributed by atoms with E-state index >= 15 is 0 Å². The summed E-state index contributed by atoms with van der Waals surface area (Å²) in [6.07, 6.45) is 12.6. The van der Waals surface area contributed by atoms with Crippen molar-refractivity contribution >= 4 is 23.4 Å². The van der Waals surface area contributed by atoms with Crippen molar-refractivity contribution in [3.8, 4) is 0 Å². The highest BCUT2D eigenvalue weighted by atomic mass is 35.5.